The van der Waals surface area contributed by atoms with Crippen LogP contribution < -0.4 is 4.90 Å². The Kier molecular flexibility index (Phi) is 6.47. The highest BCUT2D eigenvalue weighted by Crippen LogP contribution is 2.31. The number of amides is 2. The van der Waals surface area contributed by atoms with Gasteiger partial charge in [-0.3, -0.25) is 19.4 Å². The maximum absolute atomic E-state index is 13.4. The molecule has 0 saturated carbocycles. The lowest BCUT2D eigenvalue weighted by Gasteiger charge is -2.36. The second kappa shape index (κ2) is 9.43. The number of nitrogens with zero attached hydrogens (tertiary/aromatic N) is 4. The maximum Gasteiger partial charge on any atom is 0.278 e. The minimum atomic E-state index is -0.0813. The van der Waals surface area contributed by atoms with E-state index in [-0.39, 0.29) is 17.7 Å². The lowest BCUT2D eigenvalue weighted by molar-refractivity contribution is -0.136. The Morgan fingerprint density at radius 1 is 1.06 bits per heavy atom. The van der Waals surface area contributed by atoms with Crippen LogP contribution in [0.15, 0.2) is 59.6 Å². The van der Waals surface area contributed by atoms with Gasteiger partial charge < -0.3 is 4.90 Å². The highest BCUT2D eigenvalue weighted by molar-refractivity contribution is 6.54. The SMILES string of the molecule is CCN(CC)C(=O)C1CCCN(CN2C(=O)C(=Nc3ccccc3)c3ccccc32)C1. The van der Waals surface area contributed by atoms with Crippen molar-refractivity contribution in [1.82, 2.24) is 9.80 Å². The Labute approximate surface area is 184 Å². The lowest BCUT2D eigenvalue weighted by atomic mass is 9.96. The number of carbonyl (C=O) groups is 2. The molecular formula is C25H30N4O2. The number of likely N-dealkylation sites (tertiary alicyclic amines) is 1. The van der Waals surface area contributed by atoms with Crippen LogP contribution >= 0.6 is 0 Å². The average Bonchev–Trinajstić information content (AvgIpc) is 3.07. The van der Waals surface area contributed by atoms with Crippen molar-refractivity contribution in [2.45, 2.75) is 26.7 Å². The summed E-state index contributed by atoms with van der Waals surface area (Å²) >= 11 is 0. The van der Waals surface area contributed by atoms with E-state index in [9.17, 15) is 9.59 Å². The smallest absolute Gasteiger partial charge is 0.278 e. The first-order valence-corrected chi connectivity index (χ1v) is 11.2. The zero-order valence-electron chi connectivity index (χ0n) is 18.3. The molecule has 0 aromatic heterocycles. The van der Waals surface area contributed by atoms with Crippen LogP contribution in [0.3, 0.4) is 0 Å². The number of hydrogen-bond donors (Lipinski definition) is 0. The molecule has 31 heavy (non-hydrogen) atoms. The molecule has 2 aliphatic heterocycles. The molecule has 1 fully saturated rings. The average molecular weight is 419 g/mol. The topological polar surface area (TPSA) is 56.2 Å². The Morgan fingerprint density at radius 2 is 1.77 bits per heavy atom. The van der Waals surface area contributed by atoms with Crippen molar-refractivity contribution >= 4 is 28.9 Å². The molecule has 0 N–H and O–H groups in total. The predicted molar refractivity (Wildman–Crippen MR) is 124 cm³/mol. The van der Waals surface area contributed by atoms with E-state index in [1.807, 2.05) is 73.3 Å². The third kappa shape index (κ3) is 4.39. The molecule has 6 nitrogen and oxygen atoms in total. The Hall–Kier alpha value is -2.99. The summed E-state index contributed by atoms with van der Waals surface area (Å²) in [7, 11) is 0. The second-order valence-electron chi connectivity index (χ2n) is 8.11. The summed E-state index contributed by atoms with van der Waals surface area (Å²) in [4.78, 5) is 36.8. The zero-order valence-corrected chi connectivity index (χ0v) is 18.3. The Balaban J connectivity index is 1.54. The minimum absolute atomic E-state index is 0.000875. The zero-order chi connectivity index (χ0) is 21.8. The van der Waals surface area contributed by atoms with Gasteiger partial charge >= 0.3 is 0 Å². The van der Waals surface area contributed by atoms with Crippen LogP contribution in [0, 0.1) is 5.92 Å². The lowest BCUT2D eigenvalue weighted by Crippen LogP contribution is -2.49. The number of carbonyl (C=O) groups excluding carboxylic acids is 2. The van der Waals surface area contributed by atoms with E-state index in [1.165, 1.54) is 0 Å². The third-order valence-corrected chi connectivity index (χ3v) is 6.17. The van der Waals surface area contributed by atoms with Crippen molar-refractivity contribution in [2.24, 2.45) is 10.9 Å². The quantitative estimate of drug-likeness (QED) is 0.719. The van der Waals surface area contributed by atoms with Gasteiger partial charge in [-0.05, 0) is 51.4 Å². The fourth-order valence-electron chi connectivity index (χ4n) is 4.52. The van der Waals surface area contributed by atoms with E-state index in [0.717, 1.165) is 49.4 Å². The molecule has 0 bridgehead atoms. The van der Waals surface area contributed by atoms with Crippen LogP contribution in [-0.4, -0.2) is 60.2 Å². The van der Waals surface area contributed by atoms with Crippen molar-refractivity contribution in [3.63, 3.8) is 0 Å². The molecule has 2 amide bonds. The molecule has 2 aromatic carbocycles. The molecule has 1 atom stereocenters. The second-order valence-corrected chi connectivity index (χ2v) is 8.11. The van der Waals surface area contributed by atoms with Gasteiger partial charge in [0.25, 0.3) is 5.91 Å². The largest absolute Gasteiger partial charge is 0.343 e. The van der Waals surface area contributed by atoms with E-state index in [4.69, 9.17) is 0 Å². The first-order chi connectivity index (χ1) is 15.1. The van der Waals surface area contributed by atoms with Gasteiger partial charge in [0.2, 0.25) is 5.91 Å². The summed E-state index contributed by atoms with van der Waals surface area (Å²) < 4.78 is 0. The van der Waals surface area contributed by atoms with Gasteiger partial charge in [0.15, 0.2) is 0 Å². The molecule has 1 saturated heterocycles. The Bertz CT molecular complexity index is 968. The van der Waals surface area contributed by atoms with Gasteiger partial charge in [-0.1, -0.05) is 36.4 Å². The number of para-hydroxylation sites is 2. The number of hydrogen-bond acceptors (Lipinski definition) is 4. The summed E-state index contributed by atoms with van der Waals surface area (Å²) in [5.41, 5.74) is 3.00. The highest BCUT2D eigenvalue weighted by Gasteiger charge is 2.36. The number of anilines is 1. The molecule has 2 heterocycles. The van der Waals surface area contributed by atoms with Gasteiger partial charge in [0.1, 0.15) is 5.71 Å². The van der Waals surface area contributed by atoms with Crippen LogP contribution in [0.2, 0.25) is 0 Å². The maximum atomic E-state index is 13.4. The first-order valence-electron chi connectivity index (χ1n) is 11.2. The molecule has 2 aliphatic rings. The van der Waals surface area contributed by atoms with Crippen LogP contribution in [0.4, 0.5) is 11.4 Å². The Morgan fingerprint density at radius 3 is 2.52 bits per heavy atom. The molecule has 0 aliphatic carbocycles. The normalized spacial score (nSPS) is 20.2. The van der Waals surface area contributed by atoms with Crippen LogP contribution in [-0.2, 0) is 9.59 Å². The fraction of sp³-hybridized carbons (Fsp3) is 0.400. The van der Waals surface area contributed by atoms with Crippen LogP contribution in [0.25, 0.3) is 0 Å². The molecule has 2 aromatic rings. The number of piperidine rings is 1. The molecule has 162 valence electrons. The molecule has 4 rings (SSSR count). The first kappa shape index (κ1) is 21.2. The van der Waals surface area contributed by atoms with E-state index in [2.05, 4.69) is 9.89 Å². The standard InChI is InChI=1S/C25H30N4O2/c1-3-28(4-2)24(30)19-11-10-16-27(17-19)18-29-22-15-9-8-14-21(22)23(25(29)31)26-20-12-6-5-7-13-20/h5-9,12-15,19H,3-4,10-11,16-18H2,1-2H3. The van der Waals surface area contributed by atoms with Crippen molar-refractivity contribution in [3.8, 4) is 0 Å². The molecule has 1 unspecified atom stereocenters. The van der Waals surface area contributed by atoms with Crippen molar-refractivity contribution < 1.29 is 9.59 Å². The predicted octanol–water partition coefficient (Wildman–Crippen LogP) is 3.69. The molecular weight excluding hydrogens is 388 g/mol. The van der Waals surface area contributed by atoms with Crippen molar-refractivity contribution in [3.05, 3.63) is 60.2 Å². The van der Waals surface area contributed by atoms with E-state index >= 15 is 0 Å². The summed E-state index contributed by atoms with van der Waals surface area (Å²) in [5, 5.41) is 0. The number of benzene rings is 2. The summed E-state index contributed by atoms with van der Waals surface area (Å²) in [6, 6.07) is 17.4. The monoisotopic (exact) mass is 418 g/mol. The molecule has 0 spiro atoms. The summed E-state index contributed by atoms with van der Waals surface area (Å²) in [6.45, 7) is 7.58. The van der Waals surface area contributed by atoms with Crippen molar-refractivity contribution in [2.75, 3.05) is 37.7 Å². The van der Waals surface area contributed by atoms with Gasteiger partial charge in [-0.2, -0.15) is 0 Å². The number of aliphatic imine (C=N–C) groups is 1. The number of fused-ring (bicyclic) bond motifs is 1. The minimum Gasteiger partial charge on any atom is -0.343 e. The fourth-order valence-corrected chi connectivity index (χ4v) is 4.52. The third-order valence-electron chi connectivity index (χ3n) is 6.17. The van der Waals surface area contributed by atoms with Gasteiger partial charge in [-0.15, -0.1) is 0 Å². The van der Waals surface area contributed by atoms with Crippen molar-refractivity contribution in [1.29, 1.82) is 0 Å². The number of rotatable bonds is 6. The van der Waals surface area contributed by atoms with E-state index in [1.54, 1.807) is 4.90 Å². The molecule has 6 heteroatoms. The van der Waals surface area contributed by atoms with Crippen LogP contribution in [0.1, 0.15) is 32.3 Å². The van der Waals surface area contributed by atoms with E-state index in [0.29, 0.717) is 18.9 Å². The van der Waals surface area contributed by atoms with Gasteiger partial charge in [0, 0.05) is 25.2 Å². The van der Waals surface area contributed by atoms with Crippen LogP contribution in [0.5, 0.6) is 0 Å². The summed E-state index contributed by atoms with van der Waals surface area (Å²) in [6.07, 6.45) is 1.88. The molecule has 0 radical (unpaired) electrons. The van der Waals surface area contributed by atoms with Gasteiger partial charge in [-0.25, -0.2) is 4.99 Å². The van der Waals surface area contributed by atoms with E-state index < -0.39 is 0 Å². The van der Waals surface area contributed by atoms with Gasteiger partial charge in [0.05, 0.1) is 24.0 Å². The summed E-state index contributed by atoms with van der Waals surface area (Å²) in [5.74, 6) is 0.149. The highest BCUT2D eigenvalue weighted by atomic mass is 16.2.